The standard InChI is InChI=1S/C8H10BrNO/c1-5-7(6-3-2-4-6)10-8(9)11-5/h6H,2-4H2,1H3. The van der Waals surface area contributed by atoms with Crippen molar-refractivity contribution >= 4 is 15.9 Å². The van der Waals surface area contributed by atoms with E-state index in [9.17, 15) is 0 Å². The maximum Gasteiger partial charge on any atom is 0.264 e. The molecule has 1 aromatic rings. The number of aryl methyl sites for hydroxylation is 1. The number of oxazole rings is 1. The van der Waals surface area contributed by atoms with Gasteiger partial charge in [-0.3, -0.25) is 0 Å². The molecule has 2 nitrogen and oxygen atoms in total. The Balaban J connectivity index is 2.28. The Hall–Kier alpha value is -0.310. The van der Waals surface area contributed by atoms with Crippen molar-refractivity contribution in [2.24, 2.45) is 0 Å². The van der Waals surface area contributed by atoms with E-state index in [0.717, 1.165) is 11.5 Å². The summed E-state index contributed by atoms with van der Waals surface area (Å²) in [6.45, 7) is 1.98. The highest BCUT2D eigenvalue weighted by atomic mass is 79.9. The van der Waals surface area contributed by atoms with Crippen molar-refractivity contribution in [3.8, 4) is 0 Å². The second-order valence-electron chi connectivity index (χ2n) is 3.04. The van der Waals surface area contributed by atoms with E-state index in [1.807, 2.05) is 6.92 Å². The summed E-state index contributed by atoms with van der Waals surface area (Å²) in [5.74, 6) is 1.65. The van der Waals surface area contributed by atoms with E-state index in [2.05, 4.69) is 20.9 Å². The molecule has 1 saturated carbocycles. The largest absolute Gasteiger partial charge is 0.436 e. The number of hydrogen-bond donors (Lipinski definition) is 0. The predicted molar refractivity (Wildman–Crippen MR) is 45.5 cm³/mol. The Labute approximate surface area is 74.1 Å². The summed E-state index contributed by atoms with van der Waals surface area (Å²) in [5.41, 5.74) is 1.16. The van der Waals surface area contributed by atoms with Crippen LogP contribution in [0.2, 0.25) is 0 Å². The number of aromatic nitrogens is 1. The van der Waals surface area contributed by atoms with Gasteiger partial charge in [0.1, 0.15) is 5.76 Å². The molecule has 11 heavy (non-hydrogen) atoms. The van der Waals surface area contributed by atoms with Gasteiger partial charge < -0.3 is 4.42 Å². The Morgan fingerprint density at radius 1 is 1.55 bits per heavy atom. The van der Waals surface area contributed by atoms with Crippen LogP contribution >= 0.6 is 15.9 Å². The molecule has 0 N–H and O–H groups in total. The van der Waals surface area contributed by atoms with Gasteiger partial charge in [-0.1, -0.05) is 6.42 Å². The van der Waals surface area contributed by atoms with Crippen molar-refractivity contribution in [2.45, 2.75) is 32.1 Å². The minimum atomic E-state index is 0.622. The lowest BCUT2D eigenvalue weighted by Gasteiger charge is -2.23. The van der Waals surface area contributed by atoms with E-state index in [4.69, 9.17) is 4.42 Å². The smallest absolute Gasteiger partial charge is 0.264 e. The molecule has 0 aliphatic heterocycles. The fourth-order valence-electron chi connectivity index (χ4n) is 1.44. The van der Waals surface area contributed by atoms with Gasteiger partial charge in [-0.25, -0.2) is 4.98 Å². The molecule has 0 spiro atoms. The lowest BCUT2D eigenvalue weighted by atomic mass is 9.82. The third-order valence-electron chi connectivity index (χ3n) is 2.30. The van der Waals surface area contributed by atoms with Crippen molar-refractivity contribution in [3.63, 3.8) is 0 Å². The molecule has 1 aliphatic rings. The molecule has 0 unspecified atom stereocenters. The lowest BCUT2D eigenvalue weighted by Crippen LogP contribution is -2.09. The molecule has 0 bridgehead atoms. The molecule has 0 saturated heterocycles. The Morgan fingerprint density at radius 3 is 2.64 bits per heavy atom. The van der Waals surface area contributed by atoms with Gasteiger partial charge in [0.2, 0.25) is 0 Å². The van der Waals surface area contributed by atoms with Crippen molar-refractivity contribution in [1.82, 2.24) is 4.98 Å². The number of nitrogens with zero attached hydrogens (tertiary/aromatic N) is 1. The summed E-state index contributed by atoms with van der Waals surface area (Å²) in [4.78, 5) is 4.90. The third-order valence-corrected chi connectivity index (χ3v) is 2.64. The maximum absolute atomic E-state index is 5.28. The first-order valence-electron chi connectivity index (χ1n) is 3.90. The van der Waals surface area contributed by atoms with E-state index in [0.29, 0.717) is 10.7 Å². The third kappa shape index (κ3) is 1.22. The lowest BCUT2D eigenvalue weighted by molar-refractivity contribution is 0.405. The molecule has 0 amide bonds. The zero-order valence-electron chi connectivity index (χ0n) is 6.43. The van der Waals surface area contributed by atoms with Crippen LogP contribution in [-0.4, -0.2) is 4.98 Å². The van der Waals surface area contributed by atoms with Crippen LogP contribution in [0, 0.1) is 6.92 Å². The molecule has 1 fully saturated rings. The van der Waals surface area contributed by atoms with Crippen LogP contribution in [0.5, 0.6) is 0 Å². The second kappa shape index (κ2) is 2.63. The van der Waals surface area contributed by atoms with Crippen LogP contribution < -0.4 is 0 Å². The van der Waals surface area contributed by atoms with Gasteiger partial charge in [0, 0.05) is 21.8 Å². The Kier molecular flexibility index (Phi) is 1.75. The van der Waals surface area contributed by atoms with Crippen LogP contribution in [0.4, 0.5) is 0 Å². The highest BCUT2D eigenvalue weighted by Crippen LogP contribution is 2.37. The minimum Gasteiger partial charge on any atom is -0.436 e. The fraction of sp³-hybridized carbons (Fsp3) is 0.625. The molecule has 1 aliphatic carbocycles. The van der Waals surface area contributed by atoms with Crippen LogP contribution in [0.3, 0.4) is 0 Å². The normalized spacial score (nSPS) is 18.4. The summed E-state index contributed by atoms with van der Waals surface area (Å²) in [6, 6.07) is 0. The van der Waals surface area contributed by atoms with E-state index < -0.39 is 0 Å². The van der Waals surface area contributed by atoms with Gasteiger partial charge in [-0.2, -0.15) is 0 Å². The first-order valence-corrected chi connectivity index (χ1v) is 4.69. The van der Waals surface area contributed by atoms with Crippen molar-refractivity contribution < 1.29 is 4.42 Å². The minimum absolute atomic E-state index is 0.622. The van der Waals surface area contributed by atoms with Crippen LogP contribution in [0.25, 0.3) is 0 Å². The predicted octanol–water partition coefficient (Wildman–Crippen LogP) is 3.01. The molecule has 0 aromatic carbocycles. The summed E-state index contributed by atoms with van der Waals surface area (Å²) < 4.78 is 5.28. The Morgan fingerprint density at radius 2 is 2.27 bits per heavy atom. The highest BCUT2D eigenvalue weighted by Gasteiger charge is 2.24. The van der Waals surface area contributed by atoms with Crippen LogP contribution in [0.15, 0.2) is 9.22 Å². The topological polar surface area (TPSA) is 26.0 Å². The van der Waals surface area contributed by atoms with Gasteiger partial charge in [0.05, 0.1) is 5.69 Å². The van der Waals surface area contributed by atoms with E-state index >= 15 is 0 Å². The average Bonchev–Trinajstić information content (AvgIpc) is 2.07. The zero-order chi connectivity index (χ0) is 7.84. The molecule has 1 heterocycles. The molecule has 1 aromatic heterocycles. The monoisotopic (exact) mass is 215 g/mol. The van der Waals surface area contributed by atoms with E-state index in [1.165, 1.54) is 19.3 Å². The highest BCUT2D eigenvalue weighted by molar-refractivity contribution is 9.10. The van der Waals surface area contributed by atoms with Gasteiger partial charge in [0.25, 0.3) is 4.80 Å². The van der Waals surface area contributed by atoms with Crippen molar-refractivity contribution in [2.75, 3.05) is 0 Å². The van der Waals surface area contributed by atoms with Gasteiger partial charge in [-0.15, -0.1) is 0 Å². The molecule has 2 rings (SSSR count). The van der Waals surface area contributed by atoms with E-state index in [-0.39, 0.29) is 0 Å². The average molecular weight is 216 g/mol. The van der Waals surface area contributed by atoms with Crippen LogP contribution in [-0.2, 0) is 0 Å². The molecule has 0 radical (unpaired) electrons. The molecule has 0 atom stereocenters. The fourth-order valence-corrected chi connectivity index (χ4v) is 1.87. The first-order chi connectivity index (χ1) is 5.27. The summed E-state index contributed by atoms with van der Waals surface area (Å²) in [7, 11) is 0. The molecular formula is C8H10BrNO. The van der Waals surface area contributed by atoms with Gasteiger partial charge in [0.15, 0.2) is 0 Å². The van der Waals surface area contributed by atoms with Gasteiger partial charge in [-0.05, 0) is 19.8 Å². The van der Waals surface area contributed by atoms with Crippen LogP contribution in [0.1, 0.15) is 36.6 Å². The van der Waals surface area contributed by atoms with Crippen molar-refractivity contribution in [1.29, 1.82) is 0 Å². The Bertz CT molecular complexity index is 265. The quantitative estimate of drug-likeness (QED) is 0.721. The number of hydrogen-bond acceptors (Lipinski definition) is 2. The number of rotatable bonds is 1. The summed E-state index contributed by atoms with van der Waals surface area (Å²) in [6.07, 6.45) is 3.90. The van der Waals surface area contributed by atoms with Crippen molar-refractivity contribution in [3.05, 3.63) is 16.3 Å². The first kappa shape index (κ1) is 7.35. The number of halogens is 1. The molecule has 3 heteroatoms. The second-order valence-corrected chi connectivity index (χ2v) is 3.71. The van der Waals surface area contributed by atoms with E-state index in [1.54, 1.807) is 0 Å². The van der Waals surface area contributed by atoms with Gasteiger partial charge >= 0.3 is 0 Å². The molecular weight excluding hydrogens is 206 g/mol. The molecule has 60 valence electrons. The summed E-state index contributed by atoms with van der Waals surface area (Å²) >= 11 is 3.23. The SMILES string of the molecule is Cc1oc(Br)nc1C1CCC1. The zero-order valence-corrected chi connectivity index (χ0v) is 8.02. The summed E-state index contributed by atoms with van der Waals surface area (Å²) in [5, 5.41) is 0. The maximum atomic E-state index is 5.28.